The lowest BCUT2D eigenvalue weighted by atomic mass is 9.82. The van der Waals surface area contributed by atoms with Crippen molar-refractivity contribution in [1.29, 1.82) is 5.26 Å². The van der Waals surface area contributed by atoms with E-state index < -0.39 is 28.7 Å². The topological polar surface area (TPSA) is 80.0 Å². The molecular formula is C18H19F3N2O3S. The summed E-state index contributed by atoms with van der Waals surface area (Å²) in [4.78, 5) is 28.6. The number of esters is 1. The number of ketones is 1. The average molecular weight is 400 g/mol. The van der Waals surface area contributed by atoms with E-state index in [1.165, 1.54) is 6.92 Å². The third kappa shape index (κ3) is 4.43. The van der Waals surface area contributed by atoms with Gasteiger partial charge in [-0.25, -0.2) is 4.98 Å². The number of rotatable bonds is 6. The van der Waals surface area contributed by atoms with Gasteiger partial charge in [0.2, 0.25) is 0 Å². The maximum atomic E-state index is 13.2. The molecule has 0 amide bonds. The van der Waals surface area contributed by atoms with Crippen LogP contribution in [0.4, 0.5) is 13.2 Å². The minimum absolute atomic E-state index is 0.0470. The molecule has 0 spiro atoms. The fraction of sp³-hybridized carbons (Fsp3) is 0.556. The molecule has 1 aliphatic carbocycles. The molecule has 1 aliphatic rings. The maximum Gasteiger partial charge on any atom is 0.417 e. The monoisotopic (exact) mass is 400 g/mol. The van der Waals surface area contributed by atoms with Crippen LogP contribution in [0.1, 0.15) is 49.4 Å². The van der Waals surface area contributed by atoms with Gasteiger partial charge in [-0.1, -0.05) is 0 Å². The van der Waals surface area contributed by atoms with Crippen LogP contribution in [0.3, 0.4) is 0 Å². The van der Waals surface area contributed by atoms with Crippen LogP contribution in [0.2, 0.25) is 0 Å². The minimum atomic E-state index is -4.67. The molecule has 9 heteroatoms. The van der Waals surface area contributed by atoms with Crippen LogP contribution in [-0.2, 0) is 20.5 Å². The lowest BCUT2D eigenvalue weighted by Crippen LogP contribution is -2.37. The average Bonchev–Trinajstić information content (AvgIpc) is 2.96. The van der Waals surface area contributed by atoms with E-state index in [1.54, 1.807) is 13.0 Å². The van der Waals surface area contributed by atoms with Crippen LogP contribution >= 0.6 is 11.8 Å². The fourth-order valence-electron chi connectivity index (χ4n) is 3.18. The standard InChI is InChI=1S/C18H19F3N2O3S/c1-3-26-16(25)17(6-4-5-14(17)24)7-8-27-15-12(10-22)13(18(19,20)21)9-11(2)23-15/h9H,3-8H2,1-2H3/t17-/m1/s1. The molecule has 5 nitrogen and oxygen atoms in total. The number of Topliss-reactive ketones (excluding diaryl/α,β-unsaturated/α-hetero) is 1. The number of nitrogens with zero attached hydrogens (tertiary/aromatic N) is 2. The minimum Gasteiger partial charge on any atom is -0.465 e. The first-order valence-electron chi connectivity index (χ1n) is 8.48. The summed E-state index contributed by atoms with van der Waals surface area (Å²) in [5.41, 5.74) is -2.68. The molecule has 1 heterocycles. The molecule has 27 heavy (non-hydrogen) atoms. The van der Waals surface area contributed by atoms with Gasteiger partial charge in [-0.2, -0.15) is 18.4 Å². The van der Waals surface area contributed by atoms with Crippen molar-refractivity contribution in [3.63, 3.8) is 0 Å². The number of aryl methyl sites for hydroxylation is 1. The predicted octanol–water partition coefficient (Wildman–Crippen LogP) is 4.07. The van der Waals surface area contributed by atoms with Crippen molar-refractivity contribution in [3.05, 3.63) is 22.9 Å². The van der Waals surface area contributed by atoms with Crippen LogP contribution < -0.4 is 0 Å². The Labute approximate surface area is 159 Å². The summed E-state index contributed by atoms with van der Waals surface area (Å²) in [6, 6.07) is 2.41. The first-order valence-corrected chi connectivity index (χ1v) is 9.46. The third-order valence-corrected chi connectivity index (χ3v) is 5.48. The molecule has 2 rings (SSSR count). The van der Waals surface area contributed by atoms with Crippen LogP contribution in [0.5, 0.6) is 0 Å². The van der Waals surface area contributed by atoms with Crippen LogP contribution in [0.25, 0.3) is 0 Å². The highest BCUT2D eigenvalue weighted by molar-refractivity contribution is 7.99. The number of carbonyl (C=O) groups is 2. The van der Waals surface area contributed by atoms with Crippen molar-refractivity contribution < 1.29 is 27.5 Å². The van der Waals surface area contributed by atoms with Crippen molar-refractivity contribution in [2.45, 2.75) is 50.7 Å². The van der Waals surface area contributed by atoms with Gasteiger partial charge < -0.3 is 4.74 Å². The molecule has 0 aromatic carbocycles. The largest absolute Gasteiger partial charge is 0.465 e. The Hall–Kier alpha value is -2.08. The van der Waals surface area contributed by atoms with E-state index in [2.05, 4.69) is 4.98 Å². The van der Waals surface area contributed by atoms with E-state index in [4.69, 9.17) is 4.74 Å². The first kappa shape index (κ1) is 21.2. The Kier molecular flexibility index (Phi) is 6.52. The van der Waals surface area contributed by atoms with E-state index in [1.807, 2.05) is 0 Å². The normalized spacial score (nSPS) is 19.8. The number of aromatic nitrogens is 1. The molecule has 1 saturated carbocycles. The smallest absolute Gasteiger partial charge is 0.417 e. The van der Waals surface area contributed by atoms with E-state index >= 15 is 0 Å². The van der Waals surface area contributed by atoms with Gasteiger partial charge in [-0.15, -0.1) is 11.8 Å². The summed E-state index contributed by atoms with van der Waals surface area (Å²) < 4.78 is 44.6. The number of hydrogen-bond acceptors (Lipinski definition) is 6. The quantitative estimate of drug-likeness (QED) is 0.407. The Morgan fingerprint density at radius 3 is 2.70 bits per heavy atom. The Morgan fingerprint density at radius 1 is 1.48 bits per heavy atom. The second-order valence-corrected chi connectivity index (χ2v) is 7.36. The highest BCUT2D eigenvalue weighted by Crippen LogP contribution is 2.42. The Morgan fingerprint density at radius 2 is 2.19 bits per heavy atom. The molecule has 0 radical (unpaired) electrons. The first-order chi connectivity index (χ1) is 12.7. The van der Waals surface area contributed by atoms with E-state index in [9.17, 15) is 28.0 Å². The Balaban J connectivity index is 2.24. The van der Waals surface area contributed by atoms with Crippen molar-refractivity contribution in [3.8, 4) is 6.07 Å². The van der Waals surface area contributed by atoms with Gasteiger partial charge in [0.05, 0.1) is 17.7 Å². The zero-order chi connectivity index (χ0) is 20.2. The number of ether oxygens (including phenoxy) is 1. The second-order valence-electron chi connectivity index (χ2n) is 6.28. The summed E-state index contributed by atoms with van der Waals surface area (Å²) in [7, 11) is 0. The van der Waals surface area contributed by atoms with Crippen LogP contribution in [-0.4, -0.2) is 29.1 Å². The zero-order valence-corrected chi connectivity index (χ0v) is 15.8. The van der Waals surface area contributed by atoms with Gasteiger partial charge in [0.25, 0.3) is 0 Å². The SMILES string of the molecule is CCOC(=O)[C@@]1(CCSc2nc(C)cc(C(F)(F)F)c2C#N)CCCC1=O. The summed E-state index contributed by atoms with van der Waals surface area (Å²) in [5.74, 6) is -0.607. The lowest BCUT2D eigenvalue weighted by molar-refractivity contribution is -0.158. The number of nitriles is 1. The van der Waals surface area contributed by atoms with Crippen molar-refractivity contribution in [1.82, 2.24) is 4.98 Å². The molecule has 0 bridgehead atoms. The second kappa shape index (κ2) is 8.30. The highest BCUT2D eigenvalue weighted by Gasteiger charge is 2.49. The summed E-state index contributed by atoms with van der Waals surface area (Å²) in [6.45, 7) is 3.21. The highest BCUT2D eigenvalue weighted by atomic mass is 32.2. The summed E-state index contributed by atoms with van der Waals surface area (Å²) in [6.07, 6.45) is -3.30. The third-order valence-electron chi connectivity index (χ3n) is 4.51. The summed E-state index contributed by atoms with van der Waals surface area (Å²) >= 11 is 0.945. The lowest BCUT2D eigenvalue weighted by Gasteiger charge is -2.24. The zero-order valence-electron chi connectivity index (χ0n) is 15.0. The molecule has 1 atom stereocenters. The maximum absolute atomic E-state index is 13.2. The van der Waals surface area contributed by atoms with Crippen LogP contribution in [0, 0.1) is 23.7 Å². The molecule has 0 aliphatic heterocycles. The molecule has 0 unspecified atom stereocenters. The van der Waals surface area contributed by atoms with Crippen LogP contribution in [0.15, 0.2) is 11.1 Å². The van der Waals surface area contributed by atoms with Gasteiger partial charge in [-0.3, -0.25) is 9.59 Å². The van der Waals surface area contributed by atoms with Gasteiger partial charge in [0, 0.05) is 17.9 Å². The Bertz CT molecular complexity index is 789. The van der Waals surface area contributed by atoms with Gasteiger partial charge in [0.15, 0.2) is 0 Å². The molecule has 0 saturated heterocycles. The molecule has 1 fully saturated rings. The number of hydrogen-bond donors (Lipinski definition) is 0. The van der Waals surface area contributed by atoms with Gasteiger partial charge in [-0.05, 0) is 39.2 Å². The number of alkyl halides is 3. The van der Waals surface area contributed by atoms with Gasteiger partial charge >= 0.3 is 12.1 Å². The van der Waals surface area contributed by atoms with Crippen molar-refractivity contribution in [2.24, 2.45) is 5.41 Å². The van der Waals surface area contributed by atoms with E-state index in [0.717, 1.165) is 17.8 Å². The van der Waals surface area contributed by atoms with Crippen molar-refractivity contribution >= 4 is 23.5 Å². The molecule has 146 valence electrons. The molecule has 0 N–H and O–H groups in total. The van der Waals surface area contributed by atoms with E-state index in [-0.39, 0.29) is 41.7 Å². The molecule has 1 aromatic rings. The number of carbonyl (C=O) groups excluding carboxylic acids is 2. The van der Waals surface area contributed by atoms with Crippen molar-refractivity contribution in [2.75, 3.05) is 12.4 Å². The summed E-state index contributed by atoms with van der Waals surface area (Å²) in [5, 5.41) is 9.14. The number of thioether (sulfide) groups is 1. The predicted molar refractivity (Wildman–Crippen MR) is 92.0 cm³/mol. The fourth-order valence-corrected chi connectivity index (χ4v) is 4.34. The number of halogens is 3. The van der Waals surface area contributed by atoms with E-state index in [0.29, 0.717) is 12.8 Å². The van der Waals surface area contributed by atoms with Gasteiger partial charge in [0.1, 0.15) is 22.3 Å². The number of pyridine rings is 1. The molecule has 1 aromatic heterocycles. The molecular weight excluding hydrogens is 381 g/mol.